The maximum atomic E-state index is 13.2. The van der Waals surface area contributed by atoms with Gasteiger partial charge in [-0.15, -0.1) is 0 Å². The summed E-state index contributed by atoms with van der Waals surface area (Å²) >= 11 is 0. The average Bonchev–Trinajstić information content (AvgIpc) is 2.99. The van der Waals surface area contributed by atoms with Crippen LogP contribution in [0.4, 0.5) is 4.39 Å². The molecule has 0 aromatic heterocycles. The Morgan fingerprint density at radius 2 is 2.11 bits per heavy atom. The smallest absolute Gasteiger partial charge is 0.223 e. The summed E-state index contributed by atoms with van der Waals surface area (Å²) in [5.74, 6) is 0.591. The molecule has 1 aliphatic carbocycles. The average molecular weight is 249 g/mol. The molecule has 1 aromatic carbocycles. The molecule has 1 unspecified atom stereocenters. The van der Waals surface area contributed by atoms with Gasteiger partial charge in [0.05, 0.1) is 6.04 Å². The van der Waals surface area contributed by atoms with Gasteiger partial charge in [0, 0.05) is 11.5 Å². The van der Waals surface area contributed by atoms with E-state index in [1.54, 1.807) is 6.07 Å². The highest BCUT2D eigenvalue weighted by atomic mass is 19.1. The first-order valence-electron chi connectivity index (χ1n) is 6.46. The van der Waals surface area contributed by atoms with Gasteiger partial charge < -0.3 is 10.1 Å². The molecule has 1 amide bonds. The predicted molar refractivity (Wildman–Crippen MR) is 64.7 cm³/mol. The first-order chi connectivity index (χ1) is 8.74. The molecule has 1 N–H and O–H groups in total. The van der Waals surface area contributed by atoms with Crippen LogP contribution in [0.3, 0.4) is 0 Å². The quantitative estimate of drug-likeness (QED) is 0.874. The van der Waals surface area contributed by atoms with Gasteiger partial charge >= 0.3 is 0 Å². The van der Waals surface area contributed by atoms with E-state index in [4.69, 9.17) is 4.74 Å². The third-order valence-electron chi connectivity index (χ3n) is 3.80. The number of benzene rings is 1. The standard InChI is InChI=1S/C14H16FNO2/c15-10-5-6-13-11(7-10)12(8-18-13)16-14(17)9-3-1-2-4-9/h5-7,9,12H,1-4,8H2,(H,16,17). The molecule has 0 radical (unpaired) electrons. The number of ether oxygens (including phenoxy) is 1. The number of nitrogens with one attached hydrogen (secondary N) is 1. The molecule has 18 heavy (non-hydrogen) atoms. The number of hydrogen-bond acceptors (Lipinski definition) is 2. The molecular weight excluding hydrogens is 233 g/mol. The molecule has 3 rings (SSSR count). The van der Waals surface area contributed by atoms with Gasteiger partial charge in [-0.2, -0.15) is 0 Å². The Bertz CT molecular complexity index is 469. The van der Waals surface area contributed by atoms with Crippen molar-refractivity contribution in [3.05, 3.63) is 29.6 Å². The Labute approximate surface area is 105 Å². The molecule has 0 spiro atoms. The van der Waals surface area contributed by atoms with E-state index in [-0.39, 0.29) is 23.7 Å². The topological polar surface area (TPSA) is 38.3 Å². The van der Waals surface area contributed by atoms with Crippen LogP contribution in [0.5, 0.6) is 5.75 Å². The molecule has 3 nitrogen and oxygen atoms in total. The van der Waals surface area contributed by atoms with E-state index in [0.29, 0.717) is 12.4 Å². The molecule has 0 saturated heterocycles. The maximum Gasteiger partial charge on any atom is 0.223 e. The monoisotopic (exact) mass is 249 g/mol. The molecule has 1 saturated carbocycles. The summed E-state index contributed by atoms with van der Waals surface area (Å²) < 4.78 is 18.7. The van der Waals surface area contributed by atoms with Crippen LogP contribution in [0.2, 0.25) is 0 Å². The van der Waals surface area contributed by atoms with Gasteiger partial charge in [0.1, 0.15) is 18.2 Å². The zero-order valence-corrected chi connectivity index (χ0v) is 10.1. The summed E-state index contributed by atoms with van der Waals surface area (Å²) in [7, 11) is 0. The molecule has 4 heteroatoms. The number of carbonyl (C=O) groups excluding carboxylic acids is 1. The highest BCUT2D eigenvalue weighted by molar-refractivity contribution is 5.79. The number of halogens is 1. The molecule has 1 aromatic rings. The zero-order valence-electron chi connectivity index (χ0n) is 10.1. The van der Waals surface area contributed by atoms with E-state index in [2.05, 4.69) is 5.32 Å². The normalized spacial score (nSPS) is 22.6. The third kappa shape index (κ3) is 2.07. The van der Waals surface area contributed by atoms with Crippen molar-refractivity contribution >= 4 is 5.91 Å². The van der Waals surface area contributed by atoms with Crippen molar-refractivity contribution in [1.82, 2.24) is 5.32 Å². The highest BCUT2D eigenvalue weighted by Crippen LogP contribution is 2.33. The van der Waals surface area contributed by atoms with Gasteiger partial charge in [-0.25, -0.2) is 4.39 Å². The summed E-state index contributed by atoms with van der Waals surface area (Å²) in [5.41, 5.74) is 0.751. The Balaban J connectivity index is 1.72. The van der Waals surface area contributed by atoms with Crippen LogP contribution in [-0.4, -0.2) is 12.5 Å². The van der Waals surface area contributed by atoms with E-state index >= 15 is 0 Å². The summed E-state index contributed by atoms with van der Waals surface area (Å²) in [5, 5.41) is 2.97. The number of rotatable bonds is 2. The first-order valence-corrected chi connectivity index (χ1v) is 6.46. The largest absolute Gasteiger partial charge is 0.491 e. The van der Waals surface area contributed by atoms with Crippen LogP contribution in [0.15, 0.2) is 18.2 Å². The fraction of sp³-hybridized carbons (Fsp3) is 0.500. The minimum atomic E-state index is -0.292. The van der Waals surface area contributed by atoms with Crippen molar-refractivity contribution < 1.29 is 13.9 Å². The Morgan fingerprint density at radius 1 is 1.33 bits per heavy atom. The molecular formula is C14H16FNO2. The van der Waals surface area contributed by atoms with Crippen molar-refractivity contribution in [3.63, 3.8) is 0 Å². The fourth-order valence-electron chi connectivity index (χ4n) is 2.78. The van der Waals surface area contributed by atoms with Crippen LogP contribution in [0.1, 0.15) is 37.3 Å². The van der Waals surface area contributed by atoms with E-state index in [9.17, 15) is 9.18 Å². The van der Waals surface area contributed by atoms with Crippen molar-refractivity contribution in [3.8, 4) is 5.75 Å². The first kappa shape index (κ1) is 11.5. The van der Waals surface area contributed by atoms with E-state index in [1.807, 2.05) is 0 Å². The Hall–Kier alpha value is -1.58. The van der Waals surface area contributed by atoms with E-state index < -0.39 is 0 Å². The summed E-state index contributed by atoms with van der Waals surface area (Å²) in [6.07, 6.45) is 4.19. The van der Waals surface area contributed by atoms with Gasteiger partial charge in [-0.05, 0) is 31.0 Å². The number of carbonyl (C=O) groups is 1. The molecule has 2 aliphatic rings. The van der Waals surface area contributed by atoms with Crippen molar-refractivity contribution in [2.24, 2.45) is 5.92 Å². The minimum absolute atomic E-state index is 0.0817. The lowest BCUT2D eigenvalue weighted by atomic mass is 10.0. The Kier molecular flexibility index (Phi) is 2.94. The van der Waals surface area contributed by atoms with Gasteiger partial charge in [0.2, 0.25) is 5.91 Å². The van der Waals surface area contributed by atoms with E-state index in [0.717, 1.165) is 31.2 Å². The number of amides is 1. The summed E-state index contributed by atoms with van der Waals surface area (Å²) in [6, 6.07) is 4.23. The number of hydrogen-bond donors (Lipinski definition) is 1. The molecule has 1 fully saturated rings. The van der Waals surface area contributed by atoms with Crippen molar-refractivity contribution in [2.45, 2.75) is 31.7 Å². The predicted octanol–water partition coefficient (Wildman–Crippen LogP) is 2.57. The Morgan fingerprint density at radius 3 is 2.89 bits per heavy atom. The molecule has 0 bridgehead atoms. The molecule has 1 heterocycles. The summed E-state index contributed by atoms with van der Waals surface area (Å²) in [4.78, 5) is 12.0. The minimum Gasteiger partial charge on any atom is -0.491 e. The van der Waals surface area contributed by atoms with Crippen molar-refractivity contribution in [1.29, 1.82) is 0 Å². The van der Waals surface area contributed by atoms with E-state index in [1.165, 1.54) is 12.1 Å². The van der Waals surface area contributed by atoms with Gasteiger partial charge in [-0.1, -0.05) is 12.8 Å². The second-order valence-corrected chi connectivity index (χ2v) is 5.04. The second kappa shape index (κ2) is 4.59. The highest BCUT2D eigenvalue weighted by Gasteiger charge is 2.29. The van der Waals surface area contributed by atoms with Crippen LogP contribution >= 0.6 is 0 Å². The van der Waals surface area contributed by atoms with Gasteiger partial charge in [0.15, 0.2) is 0 Å². The number of fused-ring (bicyclic) bond motifs is 1. The molecule has 1 aliphatic heterocycles. The summed E-state index contributed by atoms with van der Waals surface area (Å²) in [6.45, 7) is 0.400. The van der Waals surface area contributed by atoms with Gasteiger partial charge in [-0.3, -0.25) is 4.79 Å². The lowest BCUT2D eigenvalue weighted by Crippen LogP contribution is -2.33. The lowest BCUT2D eigenvalue weighted by molar-refractivity contribution is -0.125. The second-order valence-electron chi connectivity index (χ2n) is 5.04. The van der Waals surface area contributed by atoms with Crippen LogP contribution in [-0.2, 0) is 4.79 Å². The van der Waals surface area contributed by atoms with Crippen molar-refractivity contribution in [2.75, 3.05) is 6.61 Å². The SMILES string of the molecule is O=C(NC1COc2ccc(F)cc21)C1CCCC1. The fourth-order valence-corrected chi connectivity index (χ4v) is 2.78. The molecule has 96 valence electrons. The van der Waals surface area contributed by atoms with Crippen LogP contribution in [0, 0.1) is 11.7 Å². The maximum absolute atomic E-state index is 13.2. The zero-order chi connectivity index (χ0) is 12.5. The molecule has 1 atom stereocenters. The van der Waals surface area contributed by atoms with Crippen LogP contribution < -0.4 is 10.1 Å². The van der Waals surface area contributed by atoms with Crippen LogP contribution in [0.25, 0.3) is 0 Å². The van der Waals surface area contributed by atoms with Gasteiger partial charge in [0.25, 0.3) is 0 Å². The third-order valence-corrected chi connectivity index (χ3v) is 3.80. The lowest BCUT2D eigenvalue weighted by Gasteiger charge is -2.15.